The molecule has 0 saturated heterocycles. The molecular formula is C10H22BN. The largest absolute Gasteiger partial charge is 0.353 e. The molecule has 0 bridgehead atoms. The van der Waals surface area contributed by atoms with Crippen LogP contribution in [0.3, 0.4) is 0 Å². The molecule has 0 aliphatic carbocycles. The molecule has 0 N–H and O–H groups in total. The highest BCUT2D eigenvalue weighted by Crippen LogP contribution is 1.99. The molecule has 70 valence electrons. The Balaban J connectivity index is 3.04. The van der Waals surface area contributed by atoms with Crippen LogP contribution in [0.1, 0.15) is 52.4 Å². The van der Waals surface area contributed by atoms with E-state index >= 15 is 0 Å². The van der Waals surface area contributed by atoms with Crippen LogP contribution in [-0.2, 0) is 0 Å². The normalized spacial score (nSPS) is 10.9. The molecule has 0 heterocycles. The monoisotopic (exact) mass is 167 g/mol. The summed E-state index contributed by atoms with van der Waals surface area (Å²) in [5.41, 5.74) is 0. The van der Waals surface area contributed by atoms with E-state index in [0.29, 0.717) is 0 Å². The molecule has 0 aliphatic rings. The van der Waals surface area contributed by atoms with E-state index < -0.39 is 0 Å². The quantitative estimate of drug-likeness (QED) is 0.397. The molecule has 0 saturated carbocycles. The van der Waals surface area contributed by atoms with Crippen molar-refractivity contribution in [1.82, 2.24) is 4.81 Å². The Bertz CT molecular complexity index is 75.9. The van der Waals surface area contributed by atoms with Crippen molar-refractivity contribution >= 4 is 7.98 Å². The first kappa shape index (κ1) is 12.0. The van der Waals surface area contributed by atoms with Gasteiger partial charge in [0.25, 0.3) is 0 Å². The van der Waals surface area contributed by atoms with Gasteiger partial charge in [0.15, 0.2) is 7.98 Å². The summed E-state index contributed by atoms with van der Waals surface area (Å²) >= 11 is 0. The highest BCUT2D eigenvalue weighted by atomic mass is 15.0. The van der Waals surface area contributed by atoms with Crippen LogP contribution in [-0.4, -0.2) is 25.9 Å². The Morgan fingerprint density at radius 2 is 1.25 bits per heavy atom. The highest BCUT2D eigenvalue weighted by molar-refractivity contribution is 6.04. The highest BCUT2D eigenvalue weighted by Gasteiger charge is 1.95. The van der Waals surface area contributed by atoms with Crippen molar-refractivity contribution < 1.29 is 0 Å². The zero-order chi connectivity index (χ0) is 9.23. The molecule has 0 rings (SSSR count). The van der Waals surface area contributed by atoms with Crippen LogP contribution in [0.4, 0.5) is 0 Å². The Morgan fingerprint density at radius 3 is 1.58 bits per heavy atom. The summed E-state index contributed by atoms with van der Waals surface area (Å²) in [6.07, 6.45) is 7.67. The summed E-state index contributed by atoms with van der Waals surface area (Å²) in [5.74, 6) is 0. The second kappa shape index (κ2) is 9.12. The molecule has 0 aromatic rings. The Labute approximate surface area is 79.0 Å². The molecule has 0 atom stereocenters. The maximum Gasteiger partial charge on any atom is 0.182 e. The van der Waals surface area contributed by atoms with Crippen molar-refractivity contribution in [3.05, 3.63) is 0 Å². The van der Waals surface area contributed by atoms with Gasteiger partial charge < -0.3 is 4.81 Å². The van der Waals surface area contributed by atoms with Crippen molar-refractivity contribution in [2.75, 3.05) is 13.1 Å². The molecule has 12 heavy (non-hydrogen) atoms. The third kappa shape index (κ3) is 8.12. The van der Waals surface area contributed by atoms with Crippen LogP contribution in [0.25, 0.3) is 0 Å². The molecule has 0 unspecified atom stereocenters. The van der Waals surface area contributed by atoms with E-state index in [9.17, 15) is 0 Å². The molecule has 0 aromatic carbocycles. The number of unbranched alkanes of at least 4 members (excludes halogenated alkanes) is 4. The maximum atomic E-state index is 5.79. The van der Waals surface area contributed by atoms with Gasteiger partial charge >= 0.3 is 0 Å². The number of rotatable bonds is 8. The minimum absolute atomic E-state index is 1.07. The van der Waals surface area contributed by atoms with E-state index in [1.54, 1.807) is 0 Å². The second-order valence-electron chi connectivity index (χ2n) is 3.45. The predicted molar refractivity (Wildman–Crippen MR) is 56.4 cm³/mol. The fourth-order valence-electron chi connectivity index (χ4n) is 1.24. The standard InChI is InChI=1S/C10H22BN/c1-3-5-7-9-12(11)10-8-6-4-2/h3-10H2,1-2H3. The molecule has 2 radical (unpaired) electrons. The number of nitrogens with zero attached hydrogens (tertiary/aromatic N) is 1. The van der Waals surface area contributed by atoms with Gasteiger partial charge in [-0.25, -0.2) is 0 Å². The Kier molecular flexibility index (Phi) is 9.13. The smallest absolute Gasteiger partial charge is 0.182 e. The van der Waals surface area contributed by atoms with Crippen LogP contribution in [0.2, 0.25) is 0 Å². The van der Waals surface area contributed by atoms with Gasteiger partial charge in [-0.05, 0) is 25.9 Å². The Hall–Kier alpha value is 0.0249. The zero-order valence-corrected chi connectivity index (χ0v) is 8.68. The molecule has 0 fully saturated rings. The minimum atomic E-state index is 1.07. The van der Waals surface area contributed by atoms with Gasteiger partial charge in [0, 0.05) is 0 Å². The van der Waals surface area contributed by atoms with E-state index in [2.05, 4.69) is 13.8 Å². The van der Waals surface area contributed by atoms with Crippen LogP contribution in [0.5, 0.6) is 0 Å². The molecule has 0 aromatic heterocycles. The lowest BCUT2D eigenvalue weighted by Crippen LogP contribution is -2.22. The van der Waals surface area contributed by atoms with Crippen molar-refractivity contribution in [2.45, 2.75) is 52.4 Å². The average molecular weight is 167 g/mol. The van der Waals surface area contributed by atoms with E-state index in [1.807, 2.05) is 4.81 Å². The van der Waals surface area contributed by atoms with E-state index in [1.165, 1.54) is 38.5 Å². The van der Waals surface area contributed by atoms with Crippen LogP contribution >= 0.6 is 0 Å². The van der Waals surface area contributed by atoms with Gasteiger partial charge in [0.1, 0.15) is 0 Å². The summed E-state index contributed by atoms with van der Waals surface area (Å²) in [4.78, 5) is 1.96. The minimum Gasteiger partial charge on any atom is -0.353 e. The molecule has 1 nitrogen and oxygen atoms in total. The third-order valence-electron chi connectivity index (χ3n) is 2.10. The lowest BCUT2D eigenvalue weighted by atomic mass is 10.1. The first-order chi connectivity index (χ1) is 5.81. The summed E-state index contributed by atoms with van der Waals surface area (Å²) < 4.78 is 0. The van der Waals surface area contributed by atoms with Crippen molar-refractivity contribution in [3.63, 3.8) is 0 Å². The first-order valence-corrected chi connectivity index (χ1v) is 5.30. The zero-order valence-electron chi connectivity index (χ0n) is 8.68. The lowest BCUT2D eigenvalue weighted by molar-refractivity contribution is 0.419. The van der Waals surface area contributed by atoms with Gasteiger partial charge in [-0.15, -0.1) is 0 Å². The predicted octanol–water partition coefficient (Wildman–Crippen LogP) is 2.75. The first-order valence-electron chi connectivity index (χ1n) is 5.30. The molecule has 0 amide bonds. The van der Waals surface area contributed by atoms with Crippen LogP contribution in [0.15, 0.2) is 0 Å². The molecule has 2 heteroatoms. The topological polar surface area (TPSA) is 3.24 Å². The third-order valence-corrected chi connectivity index (χ3v) is 2.10. The van der Waals surface area contributed by atoms with E-state index in [0.717, 1.165) is 13.1 Å². The van der Waals surface area contributed by atoms with E-state index in [4.69, 9.17) is 7.98 Å². The fraction of sp³-hybridized carbons (Fsp3) is 1.00. The summed E-state index contributed by atoms with van der Waals surface area (Å²) in [7, 11) is 5.79. The molecular weight excluding hydrogens is 145 g/mol. The fourth-order valence-corrected chi connectivity index (χ4v) is 1.24. The van der Waals surface area contributed by atoms with Gasteiger partial charge in [0.05, 0.1) is 0 Å². The number of hydrogen-bond acceptors (Lipinski definition) is 1. The van der Waals surface area contributed by atoms with Crippen molar-refractivity contribution in [1.29, 1.82) is 0 Å². The molecule has 0 spiro atoms. The van der Waals surface area contributed by atoms with Crippen molar-refractivity contribution in [3.8, 4) is 0 Å². The summed E-state index contributed by atoms with van der Waals surface area (Å²) in [5, 5.41) is 0. The van der Waals surface area contributed by atoms with Crippen molar-refractivity contribution in [2.24, 2.45) is 0 Å². The van der Waals surface area contributed by atoms with Gasteiger partial charge in [-0.3, -0.25) is 0 Å². The average Bonchev–Trinajstić information content (AvgIpc) is 2.06. The summed E-state index contributed by atoms with van der Waals surface area (Å²) in [6.45, 7) is 6.57. The van der Waals surface area contributed by atoms with E-state index in [-0.39, 0.29) is 0 Å². The Morgan fingerprint density at radius 1 is 0.833 bits per heavy atom. The number of hydrogen-bond donors (Lipinski definition) is 0. The second-order valence-corrected chi connectivity index (χ2v) is 3.45. The summed E-state index contributed by atoms with van der Waals surface area (Å²) in [6, 6.07) is 0. The van der Waals surface area contributed by atoms with Crippen LogP contribution in [0, 0.1) is 0 Å². The maximum absolute atomic E-state index is 5.79. The lowest BCUT2D eigenvalue weighted by Gasteiger charge is -2.16. The SMILES string of the molecule is [B]N(CCCCC)CCCCC. The van der Waals surface area contributed by atoms with Gasteiger partial charge in [-0.1, -0.05) is 39.5 Å². The molecule has 0 aliphatic heterocycles. The van der Waals surface area contributed by atoms with Gasteiger partial charge in [-0.2, -0.15) is 0 Å². The van der Waals surface area contributed by atoms with Gasteiger partial charge in [0.2, 0.25) is 0 Å². The van der Waals surface area contributed by atoms with Crippen LogP contribution < -0.4 is 0 Å².